The standard InChI is InChI=1S/C18H12Cl2N4O4/c19-11-1-5-13(6-2-11)21-15-9-16(22-14-7-3-12(20)4-8-14)18(24(27)28)10-17(15)23(25)26/h1-10,21-22H. The van der Waals surface area contributed by atoms with Crippen LogP contribution in [0.3, 0.4) is 0 Å². The molecule has 28 heavy (non-hydrogen) atoms. The fraction of sp³-hybridized carbons (Fsp3) is 0. The van der Waals surface area contributed by atoms with E-state index in [1.54, 1.807) is 48.5 Å². The van der Waals surface area contributed by atoms with Crippen LogP contribution in [0.25, 0.3) is 0 Å². The number of nitro groups is 2. The quantitative estimate of drug-likeness (QED) is 0.359. The summed E-state index contributed by atoms with van der Waals surface area (Å²) >= 11 is 11.7. The number of benzene rings is 3. The van der Waals surface area contributed by atoms with Gasteiger partial charge in [-0.25, -0.2) is 0 Å². The third-order valence-corrected chi connectivity index (χ3v) is 4.26. The van der Waals surface area contributed by atoms with Gasteiger partial charge < -0.3 is 10.6 Å². The Morgan fingerprint density at radius 2 is 1.00 bits per heavy atom. The first-order chi connectivity index (χ1) is 13.3. The van der Waals surface area contributed by atoms with E-state index in [0.717, 1.165) is 6.07 Å². The molecule has 8 nitrogen and oxygen atoms in total. The molecule has 0 aromatic heterocycles. The molecular weight excluding hydrogens is 407 g/mol. The van der Waals surface area contributed by atoms with Gasteiger partial charge in [0.05, 0.1) is 15.9 Å². The van der Waals surface area contributed by atoms with Crippen LogP contribution in [-0.4, -0.2) is 9.85 Å². The Hall–Kier alpha value is -3.36. The molecule has 10 heteroatoms. The molecule has 3 aromatic rings. The summed E-state index contributed by atoms with van der Waals surface area (Å²) in [4.78, 5) is 21.5. The first-order valence-electron chi connectivity index (χ1n) is 7.85. The number of halogens is 2. The van der Waals surface area contributed by atoms with Gasteiger partial charge in [-0.05, 0) is 54.6 Å². The summed E-state index contributed by atoms with van der Waals surface area (Å²) in [6.45, 7) is 0. The topological polar surface area (TPSA) is 110 Å². The SMILES string of the molecule is O=[N+]([O-])c1cc([N+](=O)[O-])c(Nc2ccc(Cl)cc2)cc1Nc1ccc(Cl)cc1. The van der Waals surface area contributed by atoms with Crippen molar-refractivity contribution >= 4 is 57.3 Å². The van der Waals surface area contributed by atoms with Gasteiger partial charge in [-0.2, -0.15) is 0 Å². The molecule has 0 radical (unpaired) electrons. The average Bonchev–Trinajstić information content (AvgIpc) is 2.65. The molecule has 0 spiro atoms. The smallest absolute Gasteiger partial charge is 0.299 e. The number of hydrogen-bond acceptors (Lipinski definition) is 6. The van der Waals surface area contributed by atoms with Gasteiger partial charge in [0.2, 0.25) is 0 Å². The molecular formula is C18H12Cl2N4O4. The maximum Gasteiger partial charge on any atom is 0.299 e. The highest BCUT2D eigenvalue weighted by atomic mass is 35.5. The molecule has 0 amide bonds. The minimum atomic E-state index is -0.683. The van der Waals surface area contributed by atoms with Gasteiger partial charge in [-0.3, -0.25) is 20.2 Å². The predicted octanol–water partition coefficient (Wildman–Crippen LogP) is 6.30. The second kappa shape index (κ2) is 8.12. The minimum Gasteiger partial charge on any atom is -0.350 e. The lowest BCUT2D eigenvalue weighted by Gasteiger charge is -2.12. The van der Waals surface area contributed by atoms with Crippen LogP contribution >= 0.6 is 23.2 Å². The summed E-state index contributed by atoms with van der Waals surface area (Å²) < 4.78 is 0. The molecule has 3 rings (SSSR count). The van der Waals surface area contributed by atoms with Crippen molar-refractivity contribution in [3.8, 4) is 0 Å². The molecule has 2 N–H and O–H groups in total. The third kappa shape index (κ3) is 4.48. The van der Waals surface area contributed by atoms with Crippen LogP contribution in [0.15, 0.2) is 60.7 Å². The lowest BCUT2D eigenvalue weighted by atomic mass is 10.1. The van der Waals surface area contributed by atoms with Crippen molar-refractivity contribution in [2.45, 2.75) is 0 Å². The minimum absolute atomic E-state index is 0.0920. The fourth-order valence-electron chi connectivity index (χ4n) is 2.46. The predicted molar refractivity (Wildman–Crippen MR) is 109 cm³/mol. The average molecular weight is 419 g/mol. The van der Waals surface area contributed by atoms with E-state index in [-0.39, 0.29) is 11.4 Å². The highest BCUT2D eigenvalue weighted by Crippen LogP contribution is 2.39. The van der Waals surface area contributed by atoms with Gasteiger partial charge >= 0.3 is 0 Å². The molecule has 0 saturated heterocycles. The third-order valence-electron chi connectivity index (χ3n) is 3.75. The molecule has 0 fully saturated rings. The van der Waals surface area contributed by atoms with E-state index in [2.05, 4.69) is 10.6 Å². The van der Waals surface area contributed by atoms with Crippen LogP contribution in [0.2, 0.25) is 10.0 Å². The summed E-state index contributed by atoms with van der Waals surface area (Å²) in [5, 5.41) is 29.7. The van der Waals surface area contributed by atoms with Crippen molar-refractivity contribution in [3.05, 3.63) is 90.9 Å². The van der Waals surface area contributed by atoms with Gasteiger partial charge in [-0.1, -0.05) is 23.2 Å². The lowest BCUT2D eigenvalue weighted by molar-refractivity contribution is -0.393. The normalized spacial score (nSPS) is 10.4. The zero-order valence-electron chi connectivity index (χ0n) is 14.1. The monoisotopic (exact) mass is 418 g/mol. The highest BCUT2D eigenvalue weighted by molar-refractivity contribution is 6.30. The molecule has 0 unspecified atom stereocenters. The van der Waals surface area contributed by atoms with Crippen LogP contribution in [0.5, 0.6) is 0 Å². The van der Waals surface area contributed by atoms with Crippen molar-refractivity contribution < 1.29 is 9.85 Å². The van der Waals surface area contributed by atoms with Crippen LogP contribution in [0.1, 0.15) is 0 Å². The fourth-order valence-corrected chi connectivity index (χ4v) is 2.71. The second-order valence-corrected chi connectivity index (χ2v) is 6.54. The molecule has 0 aliphatic carbocycles. The summed E-state index contributed by atoms with van der Waals surface area (Å²) in [7, 11) is 0. The zero-order valence-corrected chi connectivity index (χ0v) is 15.6. The van der Waals surface area contributed by atoms with Crippen molar-refractivity contribution in [1.29, 1.82) is 0 Å². The van der Waals surface area contributed by atoms with Crippen LogP contribution in [0, 0.1) is 20.2 Å². The van der Waals surface area contributed by atoms with Crippen molar-refractivity contribution in [3.63, 3.8) is 0 Å². The van der Waals surface area contributed by atoms with Gasteiger partial charge in [0.1, 0.15) is 11.4 Å². The lowest BCUT2D eigenvalue weighted by Crippen LogP contribution is -2.03. The van der Waals surface area contributed by atoms with Crippen molar-refractivity contribution in [1.82, 2.24) is 0 Å². The van der Waals surface area contributed by atoms with Gasteiger partial charge in [-0.15, -0.1) is 0 Å². The summed E-state index contributed by atoms with van der Waals surface area (Å²) in [5.74, 6) is 0. The second-order valence-electron chi connectivity index (χ2n) is 5.66. The van der Waals surface area contributed by atoms with E-state index in [1.165, 1.54) is 6.07 Å². The Morgan fingerprint density at radius 1 is 0.643 bits per heavy atom. The highest BCUT2D eigenvalue weighted by Gasteiger charge is 2.25. The van der Waals surface area contributed by atoms with Gasteiger partial charge in [0.25, 0.3) is 11.4 Å². The van der Waals surface area contributed by atoms with Crippen LogP contribution < -0.4 is 10.6 Å². The molecule has 0 saturated carbocycles. The largest absolute Gasteiger partial charge is 0.350 e. The summed E-state index contributed by atoms with van der Waals surface area (Å²) in [6, 6.07) is 15.3. The molecule has 0 atom stereocenters. The van der Waals surface area contributed by atoms with E-state index < -0.39 is 21.2 Å². The maximum absolute atomic E-state index is 11.4. The molecule has 142 valence electrons. The molecule has 3 aromatic carbocycles. The Labute approximate surface area is 169 Å². The first kappa shape index (κ1) is 19.4. The summed E-state index contributed by atoms with van der Waals surface area (Å²) in [5.41, 5.74) is 0.410. The zero-order chi connectivity index (χ0) is 20.3. The molecule has 0 heterocycles. The molecule has 0 aliphatic rings. The Bertz CT molecular complexity index is 960. The Morgan fingerprint density at radius 3 is 1.32 bits per heavy atom. The molecule has 0 bridgehead atoms. The Kier molecular flexibility index (Phi) is 5.62. The van der Waals surface area contributed by atoms with E-state index in [1.807, 2.05) is 0 Å². The van der Waals surface area contributed by atoms with Gasteiger partial charge in [0, 0.05) is 21.4 Å². The Balaban J connectivity index is 2.06. The number of nitrogens with zero attached hydrogens (tertiary/aromatic N) is 2. The first-order valence-corrected chi connectivity index (χ1v) is 8.61. The van der Waals surface area contributed by atoms with E-state index in [9.17, 15) is 20.2 Å². The summed E-state index contributed by atoms with van der Waals surface area (Å²) in [6.07, 6.45) is 0. The number of nitrogens with one attached hydrogen (secondary N) is 2. The van der Waals surface area contributed by atoms with Gasteiger partial charge in [0.15, 0.2) is 0 Å². The van der Waals surface area contributed by atoms with E-state index in [4.69, 9.17) is 23.2 Å². The van der Waals surface area contributed by atoms with E-state index in [0.29, 0.717) is 21.4 Å². The van der Waals surface area contributed by atoms with Crippen molar-refractivity contribution in [2.24, 2.45) is 0 Å². The van der Waals surface area contributed by atoms with E-state index >= 15 is 0 Å². The number of nitro benzene ring substituents is 2. The van der Waals surface area contributed by atoms with Crippen LogP contribution in [0.4, 0.5) is 34.1 Å². The molecule has 0 aliphatic heterocycles. The maximum atomic E-state index is 11.4. The van der Waals surface area contributed by atoms with Crippen molar-refractivity contribution in [2.75, 3.05) is 10.6 Å². The van der Waals surface area contributed by atoms with Crippen LogP contribution in [-0.2, 0) is 0 Å². The number of hydrogen-bond donors (Lipinski definition) is 2. The number of anilines is 4. The number of rotatable bonds is 6.